The zero-order valence-corrected chi connectivity index (χ0v) is 20.7. The Kier molecular flexibility index (Phi) is 5.28. The van der Waals surface area contributed by atoms with Gasteiger partial charge in [0, 0.05) is 29.0 Å². The van der Waals surface area contributed by atoms with E-state index in [2.05, 4.69) is 26.1 Å². The molecule has 0 radical (unpaired) electrons. The molecule has 5 aliphatic rings. The number of rotatable bonds is 4. The number of nitrogens with one attached hydrogen (secondary N) is 1. The zero-order chi connectivity index (χ0) is 24.1. The predicted octanol–water partition coefficient (Wildman–Crippen LogP) is 4.42. The molecule has 2 aromatic rings. The molecule has 190 valence electrons. The lowest BCUT2D eigenvalue weighted by Gasteiger charge is -2.62. The molecule has 7 nitrogen and oxygen atoms in total. The van der Waals surface area contributed by atoms with Crippen molar-refractivity contribution >= 4 is 27.5 Å². The lowest BCUT2D eigenvalue weighted by molar-refractivity contribution is -0.172. The van der Waals surface area contributed by atoms with Crippen molar-refractivity contribution in [3.63, 3.8) is 0 Å². The number of phenols is 1. The summed E-state index contributed by atoms with van der Waals surface area (Å²) in [5.41, 5.74) is 0.357. The highest BCUT2D eigenvalue weighted by Gasteiger charge is 2.73. The number of halogens is 1. The van der Waals surface area contributed by atoms with E-state index in [0.717, 1.165) is 28.7 Å². The minimum absolute atomic E-state index is 0. The van der Waals surface area contributed by atoms with Gasteiger partial charge in [-0.1, -0.05) is 25.6 Å². The fraction of sp³-hybridized carbons (Fsp3) is 0.464. The van der Waals surface area contributed by atoms with Gasteiger partial charge in [-0.3, -0.25) is 9.69 Å². The van der Waals surface area contributed by atoms with Gasteiger partial charge in [0.2, 0.25) is 0 Å². The molecular weight excluding hydrogens is 524 g/mol. The summed E-state index contributed by atoms with van der Waals surface area (Å²) in [5.74, 6) is 0.377. The third kappa shape index (κ3) is 3.01. The van der Waals surface area contributed by atoms with E-state index in [1.54, 1.807) is 12.1 Å². The maximum absolute atomic E-state index is 13.5. The van der Waals surface area contributed by atoms with Crippen LogP contribution in [0.2, 0.25) is 0 Å². The third-order valence-electron chi connectivity index (χ3n) is 8.91. The summed E-state index contributed by atoms with van der Waals surface area (Å²) in [6.45, 7) is 1.71. The second-order valence-electron chi connectivity index (χ2n) is 10.7. The number of anilines is 1. The maximum Gasteiger partial charge on any atom is 0.255 e. The smallest absolute Gasteiger partial charge is 0.255 e. The van der Waals surface area contributed by atoms with Crippen LogP contribution in [-0.2, 0) is 16.6 Å². The van der Waals surface area contributed by atoms with Crippen LogP contribution >= 0.6 is 15.9 Å². The lowest BCUT2D eigenvalue weighted by atomic mass is 9.49. The van der Waals surface area contributed by atoms with Crippen LogP contribution in [0.5, 0.6) is 11.5 Å². The maximum atomic E-state index is 13.5. The third-order valence-corrected chi connectivity index (χ3v) is 9.60. The first-order chi connectivity index (χ1) is 16.8. The second-order valence-corrected chi connectivity index (χ2v) is 11.6. The number of piperidine rings is 1. The molecule has 2 heterocycles. The van der Waals surface area contributed by atoms with Crippen molar-refractivity contribution in [3.05, 3.63) is 63.3 Å². The van der Waals surface area contributed by atoms with E-state index < -0.39 is 23.0 Å². The molecule has 1 spiro atoms. The number of nitrogens with zero attached hydrogens (tertiary/aromatic N) is 1. The number of likely N-dealkylation sites (tertiary alicyclic amines) is 1. The molecule has 7 rings (SSSR count). The number of para-hydroxylation sites is 1. The van der Waals surface area contributed by atoms with Crippen molar-refractivity contribution in [1.29, 1.82) is 0 Å². The standard InChI is InChI=1S/C27H27BrN2O5.CH4/c28-17-3-1-2-4-18(17)29-25(33)16-12-27(34)20-11-15-7-8-19(31)23-21(15)26(27,24(35-23)22(16)32)9-10-30(20)13-14-5-6-14;/h1-4,7-8,14,20,24,31-32,34H,5-6,9-13H2,(H,29,33);1H4/t20-,24+,26+,27-;/m1./s1. The Morgan fingerprint density at radius 3 is 2.72 bits per heavy atom. The van der Waals surface area contributed by atoms with Crippen LogP contribution in [0, 0.1) is 5.92 Å². The van der Waals surface area contributed by atoms with Gasteiger partial charge in [-0.2, -0.15) is 0 Å². The lowest BCUT2D eigenvalue weighted by Crippen LogP contribution is -2.75. The number of amides is 1. The molecule has 2 aromatic carbocycles. The van der Waals surface area contributed by atoms with Crippen LogP contribution in [0.1, 0.15) is 44.2 Å². The first-order valence-corrected chi connectivity index (χ1v) is 13.1. The molecule has 1 saturated heterocycles. The van der Waals surface area contributed by atoms with Gasteiger partial charge in [0.05, 0.1) is 22.3 Å². The van der Waals surface area contributed by atoms with E-state index in [1.165, 1.54) is 12.8 Å². The Labute approximate surface area is 218 Å². The summed E-state index contributed by atoms with van der Waals surface area (Å²) in [7, 11) is 0. The summed E-state index contributed by atoms with van der Waals surface area (Å²) in [4.78, 5) is 15.9. The molecule has 0 aromatic heterocycles. The number of aliphatic hydroxyl groups is 2. The van der Waals surface area contributed by atoms with E-state index >= 15 is 0 Å². The summed E-state index contributed by atoms with van der Waals surface area (Å²) < 4.78 is 6.97. The number of carbonyl (C=O) groups excluding carboxylic acids is 1. The number of hydrogen-bond acceptors (Lipinski definition) is 6. The molecule has 2 aliphatic heterocycles. The number of phenolic OH excluding ortho intramolecular Hbond substituents is 1. The van der Waals surface area contributed by atoms with E-state index in [-0.39, 0.29) is 37.0 Å². The fourth-order valence-corrected chi connectivity index (χ4v) is 7.51. The van der Waals surface area contributed by atoms with Gasteiger partial charge in [-0.15, -0.1) is 0 Å². The number of hydrogen-bond donors (Lipinski definition) is 4. The normalized spacial score (nSPS) is 31.8. The Morgan fingerprint density at radius 1 is 1.19 bits per heavy atom. The number of aliphatic hydroxyl groups excluding tert-OH is 1. The largest absolute Gasteiger partial charge is 0.508 e. The molecule has 3 aliphatic carbocycles. The minimum Gasteiger partial charge on any atom is -0.508 e. The Bertz CT molecular complexity index is 1310. The SMILES string of the molecule is C.O=C(Nc1ccccc1Br)C1=C(O)[C@@H]2Oc3c(O)ccc4c3[C@@]23CCN(CC2CC2)[C@H](C4)[C@]3(O)C1. The molecule has 4 atom stereocenters. The molecule has 8 heteroatoms. The number of carbonyl (C=O) groups is 1. The predicted molar refractivity (Wildman–Crippen MR) is 139 cm³/mol. The summed E-state index contributed by atoms with van der Waals surface area (Å²) in [6, 6.07) is 10.6. The highest BCUT2D eigenvalue weighted by molar-refractivity contribution is 9.10. The van der Waals surface area contributed by atoms with Crippen molar-refractivity contribution in [1.82, 2.24) is 4.90 Å². The Morgan fingerprint density at radius 2 is 1.97 bits per heavy atom. The van der Waals surface area contributed by atoms with Gasteiger partial charge in [0.15, 0.2) is 17.6 Å². The van der Waals surface area contributed by atoms with E-state index in [0.29, 0.717) is 30.2 Å². The Hall–Kier alpha value is -2.55. The van der Waals surface area contributed by atoms with Crippen LogP contribution in [0.15, 0.2) is 52.2 Å². The van der Waals surface area contributed by atoms with Gasteiger partial charge in [0.25, 0.3) is 5.91 Å². The quantitative estimate of drug-likeness (QED) is 0.446. The van der Waals surface area contributed by atoms with Gasteiger partial charge in [0.1, 0.15) is 5.76 Å². The van der Waals surface area contributed by atoms with Crippen molar-refractivity contribution in [2.24, 2.45) is 5.92 Å². The van der Waals surface area contributed by atoms with Crippen molar-refractivity contribution < 1.29 is 24.9 Å². The van der Waals surface area contributed by atoms with Crippen LogP contribution in [0.25, 0.3) is 0 Å². The summed E-state index contributed by atoms with van der Waals surface area (Å²) in [6.07, 6.45) is 2.73. The van der Waals surface area contributed by atoms with Crippen molar-refractivity contribution in [3.8, 4) is 11.5 Å². The minimum atomic E-state index is -1.32. The molecular formula is C28H31BrN2O5. The summed E-state index contributed by atoms with van der Waals surface area (Å²) in [5, 5.41) is 37.6. The number of benzene rings is 2. The van der Waals surface area contributed by atoms with E-state index in [1.807, 2.05) is 24.3 Å². The summed E-state index contributed by atoms with van der Waals surface area (Å²) >= 11 is 3.45. The molecule has 2 bridgehead atoms. The zero-order valence-electron chi connectivity index (χ0n) is 19.1. The molecule has 36 heavy (non-hydrogen) atoms. The second kappa shape index (κ2) is 7.97. The highest BCUT2D eigenvalue weighted by Crippen LogP contribution is 2.66. The van der Waals surface area contributed by atoms with E-state index in [4.69, 9.17) is 4.74 Å². The molecule has 0 unspecified atom stereocenters. The van der Waals surface area contributed by atoms with Crippen LogP contribution in [-0.4, -0.2) is 57.0 Å². The van der Waals surface area contributed by atoms with Gasteiger partial charge in [-0.05, 0) is 77.8 Å². The Balaban J connectivity index is 0.00000240. The first-order valence-electron chi connectivity index (χ1n) is 12.3. The van der Waals surface area contributed by atoms with Crippen molar-refractivity contribution in [2.75, 3.05) is 18.4 Å². The average molecular weight is 555 g/mol. The van der Waals surface area contributed by atoms with Gasteiger partial charge in [-0.25, -0.2) is 0 Å². The number of ether oxygens (including phenoxy) is 1. The molecule has 1 amide bonds. The van der Waals surface area contributed by atoms with Gasteiger partial charge < -0.3 is 25.4 Å². The monoisotopic (exact) mass is 554 g/mol. The van der Waals surface area contributed by atoms with Gasteiger partial charge >= 0.3 is 0 Å². The topological polar surface area (TPSA) is 102 Å². The van der Waals surface area contributed by atoms with Crippen LogP contribution in [0.3, 0.4) is 0 Å². The fourth-order valence-electron chi connectivity index (χ4n) is 7.13. The molecule has 2 fully saturated rings. The molecule has 1 saturated carbocycles. The van der Waals surface area contributed by atoms with Crippen LogP contribution < -0.4 is 10.1 Å². The first kappa shape index (κ1) is 23.8. The van der Waals surface area contributed by atoms with Crippen molar-refractivity contribution in [2.45, 2.75) is 62.7 Å². The highest BCUT2D eigenvalue weighted by atomic mass is 79.9. The van der Waals surface area contributed by atoms with E-state index in [9.17, 15) is 20.1 Å². The average Bonchev–Trinajstić information content (AvgIpc) is 3.57. The van der Waals surface area contributed by atoms with Crippen LogP contribution in [0.4, 0.5) is 5.69 Å². The molecule has 4 N–H and O–H groups in total. The number of aromatic hydroxyl groups is 1.